The van der Waals surface area contributed by atoms with Gasteiger partial charge in [0, 0.05) is 81.5 Å². The largest absolute Gasteiger partial charge is 0.397 e. The highest BCUT2D eigenvalue weighted by atomic mass is 19.4. The average Bonchev–Trinajstić information content (AvgIpc) is 1.41. The molecule has 12 amide bonds. The Balaban J connectivity index is 1.31. The number of nitrogens with zero attached hydrogens (tertiary/aromatic N) is 9. The summed E-state index contributed by atoms with van der Waals surface area (Å²) < 4.78 is 78.9. The standard InChI is InChI=1S/C74H117F5N12O13/c1-13-45(5)62-70(101)84(8)44-60(94)86(10)54-29-21-18-24-36-90(69(54)100)57(39-47-27-19-17-20-28-47)67(98)83(7)43-58(92)80-53(31-30-48-37-51(75)61(52(76)38-48)74(77,78)79)66(97)91-42-50(104-16-4)40-55(91)65(96)82-73(32-22-23-33-73)72(103)88(12)63(49(14-2)15-3)71(102)87(11)56(68(99)89-34-25-26-35-89)41-59(93)85(9)46(6)64(95)81-62/h18,21,45-57,61-63H,13-17,19-20,22-44H2,1-12H3,(H,80,92)(H,81,95)(H,82,96)/b21-18-/t45-,46-,48?,50+,51?,52?,53-,54-,55-,56-,57-,61?,62-,63-/m0/s1. The molecule has 1 spiro atoms. The van der Waals surface area contributed by atoms with Crippen molar-refractivity contribution in [2.45, 2.75) is 268 Å². The zero-order chi connectivity index (χ0) is 76.8. The van der Waals surface area contributed by atoms with E-state index in [0.717, 1.165) is 46.8 Å². The smallest absolute Gasteiger partial charge is 0.377 e. The fraction of sp³-hybridized carbons (Fsp3) is 0.811. The van der Waals surface area contributed by atoms with Gasteiger partial charge in [-0.3, -0.25) is 57.5 Å². The monoisotopic (exact) mass is 1480 g/mol. The lowest BCUT2D eigenvalue weighted by atomic mass is 9.76. The van der Waals surface area contributed by atoms with Crippen molar-refractivity contribution >= 4 is 70.9 Å². The summed E-state index contributed by atoms with van der Waals surface area (Å²) in [5.41, 5.74) is -1.68. The summed E-state index contributed by atoms with van der Waals surface area (Å²) in [5, 5.41) is 8.56. The molecule has 25 nitrogen and oxygen atoms in total. The molecule has 3 N–H and O–H groups in total. The van der Waals surface area contributed by atoms with Crippen molar-refractivity contribution < 1.29 is 84.2 Å². The Bertz CT molecular complexity index is 3060. The molecule has 3 saturated heterocycles. The number of alkyl halides is 5. The Hall–Kier alpha value is -7.01. The van der Waals surface area contributed by atoms with E-state index >= 15 is 37.5 Å². The zero-order valence-corrected chi connectivity index (χ0v) is 63.3. The van der Waals surface area contributed by atoms with Crippen molar-refractivity contribution in [1.29, 1.82) is 0 Å². The Morgan fingerprint density at radius 1 is 0.635 bits per heavy atom. The first-order chi connectivity index (χ1) is 49.1. The van der Waals surface area contributed by atoms with Crippen LogP contribution in [0.15, 0.2) is 12.2 Å². The number of halogens is 5. The van der Waals surface area contributed by atoms with Crippen molar-refractivity contribution in [3.63, 3.8) is 0 Å². The Kier molecular flexibility index (Phi) is 30.4. The van der Waals surface area contributed by atoms with Crippen LogP contribution in [0, 0.1) is 29.6 Å². The van der Waals surface area contributed by atoms with Crippen LogP contribution in [-0.4, -0.2) is 282 Å². The zero-order valence-electron chi connectivity index (χ0n) is 63.3. The number of carbonyl (C=O) groups excluding carboxylic acids is 12. The number of hydrogen-bond donors (Lipinski definition) is 3. The molecule has 586 valence electrons. The summed E-state index contributed by atoms with van der Waals surface area (Å²) in [4.78, 5) is 192. The van der Waals surface area contributed by atoms with Crippen molar-refractivity contribution in [3.8, 4) is 0 Å². The van der Waals surface area contributed by atoms with Gasteiger partial charge >= 0.3 is 6.18 Å². The minimum absolute atomic E-state index is 0.0182. The van der Waals surface area contributed by atoms with E-state index in [0.29, 0.717) is 64.5 Å². The first-order valence-corrected chi connectivity index (χ1v) is 38.1. The minimum atomic E-state index is -5.17. The van der Waals surface area contributed by atoms with Gasteiger partial charge in [-0.25, -0.2) is 8.78 Å². The van der Waals surface area contributed by atoms with Crippen LogP contribution in [0.25, 0.3) is 0 Å². The van der Waals surface area contributed by atoms with Crippen LogP contribution < -0.4 is 16.0 Å². The van der Waals surface area contributed by atoms with Gasteiger partial charge in [0.1, 0.15) is 72.1 Å². The Morgan fingerprint density at radius 2 is 1.26 bits per heavy atom. The topological polar surface area (TPSA) is 279 Å². The SMILES string of the molecule is CCO[C@@H]1C[C@H]2C(=O)NC3(CCCC3)C(=O)N(C)[C@@H](C(CC)CC)C(=O)N(C)[C@H](C(=O)N3CCCC3)CC(=O)N(C)[C@@H](C)C(=O)N[C@@H]([C@@H](C)CC)C(=O)N(C)CC(=O)N(C)[C@H]3C/C=C\CCN(C3=O)[C@@H](CC3CCCCC3)C(=O)N(C)CC(=O)N[C@@H](CCC3CC(F)C(C(F)(F)F)C(F)C3)C(=O)N2C1. The molecule has 104 heavy (non-hydrogen) atoms. The molecule has 3 aliphatic carbocycles. The second-order valence-corrected chi connectivity index (χ2v) is 30.6. The van der Waals surface area contributed by atoms with Gasteiger partial charge in [0.05, 0.1) is 25.6 Å². The average molecular weight is 1480 g/mol. The fourth-order valence-electron chi connectivity index (χ4n) is 16.8. The summed E-state index contributed by atoms with van der Waals surface area (Å²) in [5.74, 6) is -13.4. The van der Waals surface area contributed by atoms with Gasteiger partial charge in [-0.2, -0.15) is 13.2 Å². The first kappa shape index (κ1) is 84.3. The van der Waals surface area contributed by atoms with Crippen LogP contribution in [0.1, 0.15) is 189 Å². The molecule has 4 aliphatic heterocycles. The van der Waals surface area contributed by atoms with Crippen molar-refractivity contribution in [2.75, 3.05) is 88.2 Å². The number of rotatable bonds is 13. The highest BCUT2D eigenvalue weighted by Gasteiger charge is 2.55. The lowest BCUT2D eigenvalue weighted by molar-refractivity contribution is -0.219. The third-order valence-electron chi connectivity index (χ3n) is 23.7. The highest BCUT2D eigenvalue weighted by molar-refractivity contribution is 6.01. The number of likely N-dealkylation sites (tertiary alicyclic amines) is 1. The molecule has 2 bridgehead atoms. The molecule has 7 aliphatic rings. The van der Waals surface area contributed by atoms with E-state index in [1.807, 2.05) is 26.8 Å². The predicted molar refractivity (Wildman–Crippen MR) is 376 cm³/mol. The second kappa shape index (κ2) is 37.5. The number of carbonyl (C=O) groups is 12. The summed E-state index contributed by atoms with van der Waals surface area (Å²) in [6.45, 7) is 9.72. The molecule has 12 atom stereocenters. The van der Waals surface area contributed by atoms with E-state index in [2.05, 4.69) is 16.0 Å². The fourth-order valence-corrected chi connectivity index (χ4v) is 16.8. The molecule has 2 unspecified atom stereocenters. The van der Waals surface area contributed by atoms with Gasteiger partial charge in [0.25, 0.3) is 0 Å². The number of hydrogen-bond acceptors (Lipinski definition) is 13. The quantitative estimate of drug-likeness (QED) is 0.147. The molecular formula is C74H117F5N12O13. The summed E-state index contributed by atoms with van der Waals surface area (Å²) in [7, 11) is 8.36. The van der Waals surface area contributed by atoms with E-state index in [-0.39, 0.29) is 70.6 Å². The van der Waals surface area contributed by atoms with Crippen LogP contribution in [-0.2, 0) is 62.3 Å². The third-order valence-corrected chi connectivity index (χ3v) is 23.7. The van der Waals surface area contributed by atoms with Gasteiger partial charge in [0.2, 0.25) is 70.9 Å². The van der Waals surface area contributed by atoms with Gasteiger partial charge in [-0.15, -0.1) is 0 Å². The second-order valence-electron chi connectivity index (χ2n) is 30.6. The number of likely N-dealkylation sites (N-methyl/N-ethyl adjacent to an activating group) is 6. The first-order valence-electron chi connectivity index (χ1n) is 38.1. The number of ether oxygens (including phenoxy) is 1. The number of fused-ring (bicyclic) bond motifs is 3. The van der Waals surface area contributed by atoms with E-state index in [4.69, 9.17) is 4.74 Å². The lowest BCUT2D eigenvalue weighted by Gasteiger charge is -2.42. The molecule has 0 aromatic heterocycles. The number of amides is 12. The molecule has 0 aromatic rings. The lowest BCUT2D eigenvalue weighted by Crippen LogP contribution is -2.65. The van der Waals surface area contributed by atoms with Crippen LogP contribution >= 0.6 is 0 Å². The Morgan fingerprint density at radius 3 is 1.86 bits per heavy atom. The molecule has 4 heterocycles. The maximum absolute atomic E-state index is 15.7. The predicted octanol–water partition coefficient (Wildman–Crippen LogP) is 5.71. The highest BCUT2D eigenvalue weighted by Crippen LogP contribution is 2.45. The van der Waals surface area contributed by atoms with E-state index < -0.39 is 205 Å². The minimum Gasteiger partial charge on any atom is -0.377 e. The summed E-state index contributed by atoms with van der Waals surface area (Å²) >= 11 is 0. The van der Waals surface area contributed by atoms with Crippen molar-refractivity contribution in [3.05, 3.63) is 12.2 Å². The van der Waals surface area contributed by atoms with Gasteiger partial charge in [0.15, 0.2) is 0 Å². The molecule has 7 rings (SSSR count). The van der Waals surface area contributed by atoms with Crippen molar-refractivity contribution in [1.82, 2.24) is 60.0 Å². The van der Waals surface area contributed by atoms with E-state index in [9.17, 15) is 41.9 Å². The van der Waals surface area contributed by atoms with E-state index in [1.54, 1.807) is 24.8 Å². The summed E-state index contributed by atoms with van der Waals surface area (Å²) in [6, 6.07) is -10.6. The molecule has 6 fully saturated rings. The molecule has 0 radical (unpaired) electrons. The number of nitrogens with one attached hydrogen (secondary N) is 3. The molecule has 3 saturated carbocycles. The van der Waals surface area contributed by atoms with Gasteiger partial charge in [-0.1, -0.05) is 104 Å². The summed E-state index contributed by atoms with van der Waals surface area (Å²) in [6.07, 6.45) is -2.17. The Labute approximate surface area is 610 Å². The van der Waals surface area contributed by atoms with Gasteiger partial charge in [-0.05, 0) is 108 Å². The maximum Gasteiger partial charge on any atom is 0.397 e. The third kappa shape index (κ3) is 20.2. The van der Waals surface area contributed by atoms with Gasteiger partial charge < -0.3 is 64.8 Å². The van der Waals surface area contributed by atoms with Crippen molar-refractivity contribution in [2.24, 2.45) is 29.6 Å². The van der Waals surface area contributed by atoms with Crippen LogP contribution in [0.5, 0.6) is 0 Å². The van der Waals surface area contributed by atoms with E-state index in [1.165, 1.54) is 73.7 Å². The van der Waals surface area contributed by atoms with Crippen LogP contribution in [0.3, 0.4) is 0 Å². The molecule has 30 heteroatoms. The van der Waals surface area contributed by atoms with Crippen LogP contribution in [0.2, 0.25) is 0 Å². The maximum atomic E-state index is 15.7. The van der Waals surface area contributed by atoms with Crippen LogP contribution in [0.4, 0.5) is 22.0 Å². The normalized spacial score (nSPS) is 31.3. The molecule has 0 aromatic carbocycles. The molecular weight excluding hydrogens is 1360 g/mol.